The number of benzene rings is 1. The van der Waals surface area contributed by atoms with E-state index in [1.54, 1.807) is 0 Å². The summed E-state index contributed by atoms with van der Waals surface area (Å²) in [5.74, 6) is 0.819. The molecule has 1 N–H and O–H groups in total. The fourth-order valence-corrected chi connectivity index (χ4v) is 3.54. The maximum Gasteiger partial charge on any atom is 0.0388 e. The molecule has 3 rings (SSSR count). The van der Waals surface area contributed by atoms with Crippen molar-refractivity contribution >= 4 is 5.69 Å². The van der Waals surface area contributed by atoms with Crippen molar-refractivity contribution in [1.82, 2.24) is 4.90 Å². The molecule has 1 aliphatic carbocycles. The number of nitrogens with zero attached hydrogens (tertiary/aromatic N) is 1. The van der Waals surface area contributed by atoms with Gasteiger partial charge in [0.2, 0.25) is 0 Å². The van der Waals surface area contributed by atoms with E-state index in [2.05, 4.69) is 41.4 Å². The van der Waals surface area contributed by atoms with Gasteiger partial charge in [0, 0.05) is 18.3 Å². The molecule has 0 bridgehead atoms. The third kappa shape index (κ3) is 3.11. The van der Waals surface area contributed by atoms with Crippen molar-refractivity contribution < 1.29 is 0 Å². The Morgan fingerprint density at radius 2 is 1.89 bits per heavy atom. The Morgan fingerprint density at radius 3 is 2.63 bits per heavy atom. The maximum atomic E-state index is 3.81. The van der Waals surface area contributed by atoms with Crippen molar-refractivity contribution in [2.75, 3.05) is 18.4 Å². The van der Waals surface area contributed by atoms with Gasteiger partial charge in [-0.1, -0.05) is 31.5 Å². The first kappa shape index (κ1) is 13.0. The molecule has 0 radical (unpaired) electrons. The van der Waals surface area contributed by atoms with Crippen molar-refractivity contribution in [3.8, 4) is 0 Å². The SMILES string of the molecule is CC1CCCC1Nc1ccccc1CN1CCCC1. The van der Waals surface area contributed by atoms with Crippen LogP contribution in [0.2, 0.25) is 0 Å². The van der Waals surface area contributed by atoms with Crippen molar-refractivity contribution in [2.45, 2.75) is 51.6 Å². The van der Waals surface area contributed by atoms with Crippen LogP contribution < -0.4 is 5.32 Å². The summed E-state index contributed by atoms with van der Waals surface area (Å²) in [5, 5.41) is 3.81. The summed E-state index contributed by atoms with van der Waals surface area (Å²) in [6.45, 7) is 6.04. The van der Waals surface area contributed by atoms with Crippen molar-refractivity contribution in [1.29, 1.82) is 0 Å². The van der Waals surface area contributed by atoms with Crippen molar-refractivity contribution in [3.05, 3.63) is 29.8 Å². The first-order chi connectivity index (χ1) is 9.33. The Balaban J connectivity index is 1.69. The van der Waals surface area contributed by atoms with E-state index >= 15 is 0 Å². The first-order valence-corrected chi connectivity index (χ1v) is 7.90. The van der Waals surface area contributed by atoms with Gasteiger partial charge in [0.25, 0.3) is 0 Å². The van der Waals surface area contributed by atoms with E-state index < -0.39 is 0 Å². The van der Waals surface area contributed by atoms with Crippen LogP contribution in [0.25, 0.3) is 0 Å². The lowest BCUT2D eigenvalue weighted by molar-refractivity contribution is 0.332. The molecule has 0 aromatic heterocycles. The molecule has 2 aliphatic rings. The summed E-state index contributed by atoms with van der Waals surface area (Å²) < 4.78 is 0. The summed E-state index contributed by atoms with van der Waals surface area (Å²) in [5.41, 5.74) is 2.84. The normalized spacial score (nSPS) is 27.8. The van der Waals surface area contributed by atoms with Crippen LogP contribution >= 0.6 is 0 Å². The number of rotatable bonds is 4. The van der Waals surface area contributed by atoms with Crippen LogP contribution in [0, 0.1) is 5.92 Å². The summed E-state index contributed by atoms with van der Waals surface area (Å²) in [6, 6.07) is 9.57. The molecule has 19 heavy (non-hydrogen) atoms. The molecular formula is C17H26N2. The molecule has 2 nitrogen and oxygen atoms in total. The lowest BCUT2D eigenvalue weighted by Crippen LogP contribution is -2.24. The zero-order valence-electron chi connectivity index (χ0n) is 12.1. The second kappa shape index (κ2) is 5.96. The molecule has 104 valence electrons. The first-order valence-electron chi connectivity index (χ1n) is 7.90. The van der Waals surface area contributed by atoms with E-state index in [4.69, 9.17) is 0 Å². The number of para-hydroxylation sites is 1. The van der Waals surface area contributed by atoms with Crippen LogP contribution in [-0.2, 0) is 6.54 Å². The van der Waals surface area contributed by atoms with Gasteiger partial charge in [0.15, 0.2) is 0 Å². The van der Waals surface area contributed by atoms with Crippen LogP contribution in [0.15, 0.2) is 24.3 Å². The van der Waals surface area contributed by atoms with E-state index in [0.29, 0.717) is 6.04 Å². The molecule has 1 heterocycles. The number of anilines is 1. The molecule has 0 spiro atoms. The van der Waals surface area contributed by atoms with Gasteiger partial charge < -0.3 is 5.32 Å². The second-order valence-corrected chi connectivity index (χ2v) is 6.30. The minimum atomic E-state index is 0.680. The van der Waals surface area contributed by atoms with Gasteiger partial charge in [-0.25, -0.2) is 0 Å². The number of nitrogens with one attached hydrogen (secondary N) is 1. The lowest BCUT2D eigenvalue weighted by atomic mass is 10.0. The zero-order valence-corrected chi connectivity index (χ0v) is 12.1. The number of likely N-dealkylation sites (tertiary alicyclic amines) is 1. The fraction of sp³-hybridized carbons (Fsp3) is 0.647. The minimum absolute atomic E-state index is 0.680. The standard InChI is InChI=1S/C17H26N2/c1-14-7-6-10-16(14)18-17-9-3-2-8-15(17)13-19-11-4-5-12-19/h2-3,8-9,14,16,18H,4-7,10-13H2,1H3. The number of hydrogen-bond acceptors (Lipinski definition) is 2. The van der Waals surface area contributed by atoms with Crippen molar-refractivity contribution in [2.24, 2.45) is 5.92 Å². The number of hydrogen-bond donors (Lipinski definition) is 1. The molecule has 2 unspecified atom stereocenters. The monoisotopic (exact) mass is 258 g/mol. The van der Waals surface area contributed by atoms with Gasteiger partial charge >= 0.3 is 0 Å². The molecule has 1 aromatic carbocycles. The molecular weight excluding hydrogens is 232 g/mol. The van der Waals surface area contributed by atoms with Gasteiger partial charge in [-0.05, 0) is 56.3 Å². The predicted molar refractivity (Wildman–Crippen MR) is 81.4 cm³/mol. The van der Waals surface area contributed by atoms with Gasteiger partial charge in [0.05, 0.1) is 0 Å². The Morgan fingerprint density at radius 1 is 1.11 bits per heavy atom. The smallest absolute Gasteiger partial charge is 0.0388 e. The molecule has 1 saturated carbocycles. The summed E-state index contributed by atoms with van der Waals surface area (Å²) in [4.78, 5) is 2.58. The quantitative estimate of drug-likeness (QED) is 0.881. The van der Waals surface area contributed by atoms with E-state index in [0.717, 1.165) is 12.5 Å². The summed E-state index contributed by atoms with van der Waals surface area (Å²) in [6.07, 6.45) is 6.84. The van der Waals surface area contributed by atoms with Crippen molar-refractivity contribution in [3.63, 3.8) is 0 Å². The highest BCUT2D eigenvalue weighted by Gasteiger charge is 2.23. The lowest BCUT2D eigenvalue weighted by Gasteiger charge is -2.23. The highest BCUT2D eigenvalue weighted by atomic mass is 15.1. The molecule has 2 fully saturated rings. The van der Waals surface area contributed by atoms with Gasteiger partial charge in [-0.3, -0.25) is 4.90 Å². The summed E-state index contributed by atoms with van der Waals surface area (Å²) in [7, 11) is 0. The second-order valence-electron chi connectivity index (χ2n) is 6.30. The van der Waals surface area contributed by atoms with Crippen LogP contribution in [0.3, 0.4) is 0 Å². The maximum absolute atomic E-state index is 3.81. The van der Waals surface area contributed by atoms with Gasteiger partial charge in [-0.15, -0.1) is 0 Å². The topological polar surface area (TPSA) is 15.3 Å². The van der Waals surface area contributed by atoms with Crippen LogP contribution in [-0.4, -0.2) is 24.0 Å². The molecule has 1 aromatic rings. The molecule has 1 aliphatic heterocycles. The molecule has 1 saturated heterocycles. The Kier molecular flexibility index (Phi) is 4.07. The van der Waals surface area contributed by atoms with Crippen LogP contribution in [0.1, 0.15) is 44.6 Å². The van der Waals surface area contributed by atoms with Gasteiger partial charge in [0.1, 0.15) is 0 Å². The van der Waals surface area contributed by atoms with E-state index in [1.165, 1.54) is 56.4 Å². The Labute approximate surface area is 117 Å². The van der Waals surface area contributed by atoms with E-state index in [1.807, 2.05) is 0 Å². The van der Waals surface area contributed by atoms with E-state index in [9.17, 15) is 0 Å². The van der Waals surface area contributed by atoms with E-state index in [-0.39, 0.29) is 0 Å². The third-order valence-electron chi connectivity index (χ3n) is 4.81. The zero-order chi connectivity index (χ0) is 13.1. The van der Waals surface area contributed by atoms with Crippen LogP contribution in [0.5, 0.6) is 0 Å². The summed E-state index contributed by atoms with van der Waals surface area (Å²) >= 11 is 0. The highest BCUT2D eigenvalue weighted by Crippen LogP contribution is 2.29. The molecule has 2 atom stereocenters. The fourth-order valence-electron chi connectivity index (χ4n) is 3.54. The average Bonchev–Trinajstić information content (AvgIpc) is 3.05. The average molecular weight is 258 g/mol. The minimum Gasteiger partial charge on any atom is -0.382 e. The van der Waals surface area contributed by atoms with Crippen LogP contribution in [0.4, 0.5) is 5.69 Å². The molecule has 2 heteroatoms. The Hall–Kier alpha value is -1.02. The predicted octanol–water partition coefficient (Wildman–Crippen LogP) is 3.88. The largest absolute Gasteiger partial charge is 0.382 e. The Bertz CT molecular complexity index is 409. The molecule has 0 amide bonds. The highest BCUT2D eigenvalue weighted by molar-refractivity contribution is 5.52. The third-order valence-corrected chi connectivity index (χ3v) is 4.81. The van der Waals surface area contributed by atoms with Gasteiger partial charge in [-0.2, -0.15) is 0 Å².